The van der Waals surface area contributed by atoms with Crippen molar-refractivity contribution in [2.45, 2.75) is 17.1 Å². The fourth-order valence-electron chi connectivity index (χ4n) is 3.68. The molecule has 30 heavy (non-hydrogen) atoms. The number of hydrogen-bond acceptors (Lipinski definition) is 6. The zero-order valence-corrected chi connectivity index (χ0v) is 18.3. The number of carbonyl (C=O) groups is 3. The number of benzene rings is 1. The molecule has 1 N–H and O–H groups in total. The lowest BCUT2D eigenvalue weighted by Crippen LogP contribution is -2.43. The lowest BCUT2D eigenvalue weighted by atomic mass is 9.98. The first kappa shape index (κ1) is 21.0. The van der Waals surface area contributed by atoms with Crippen LogP contribution in [0.1, 0.15) is 33.6 Å². The summed E-state index contributed by atoms with van der Waals surface area (Å²) < 4.78 is 27.5. The minimum Gasteiger partial charge on any atom is -0.325 e. The molecular weight excluding hydrogens is 450 g/mol. The molecule has 4 rings (SSSR count). The lowest BCUT2D eigenvalue weighted by Gasteiger charge is -2.30. The number of hydrogen-bond donors (Lipinski definition) is 1. The fourth-order valence-corrected chi connectivity index (χ4v) is 6.84. The quantitative estimate of drug-likeness (QED) is 0.696. The monoisotopic (exact) mass is 467 g/mol. The molecule has 2 aliphatic rings. The van der Waals surface area contributed by atoms with E-state index in [0.717, 1.165) is 16.2 Å². The Kier molecular flexibility index (Phi) is 5.43. The van der Waals surface area contributed by atoms with Gasteiger partial charge < -0.3 is 5.32 Å². The summed E-state index contributed by atoms with van der Waals surface area (Å²) in [6, 6.07) is 7.68. The summed E-state index contributed by atoms with van der Waals surface area (Å²) in [4.78, 5) is 38.4. The SMILES string of the molecule is CN1C(=O)c2cccc(NC(=O)C3CCCN(S(=O)(=O)c4ccc(Cl)s4)C3)c2C1=O. The van der Waals surface area contributed by atoms with Crippen molar-refractivity contribution in [2.24, 2.45) is 5.92 Å². The largest absolute Gasteiger partial charge is 0.325 e. The van der Waals surface area contributed by atoms with Crippen LogP contribution >= 0.6 is 22.9 Å². The molecule has 0 bridgehead atoms. The van der Waals surface area contributed by atoms with Crippen LogP contribution < -0.4 is 5.32 Å². The third-order valence-corrected chi connectivity index (χ3v) is 8.84. The van der Waals surface area contributed by atoms with Crippen molar-refractivity contribution in [3.8, 4) is 0 Å². The van der Waals surface area contributed by atoms with Gasteiger partial charge in [0.1, 0.15) is 4.21 Å². The molecule has 3 heterocycles. The Labute approximate surface area is 182 Å². The minimum atomic E-state index is -3.73. The number of rotatable bonds is 4. The van der Waals surface area contributed by atoms with Crippen LogP contribution in [0, 0.1) is 5.92 Å². The summed E-state index contributed by atoms with van der Waals surface area (Å²) in [6.07, 6.45) is 1.05. The number of piperidine rings is 1. The van der Waals surface area contributed by atoms with Crippen molar-refractivity contribution in [1.29, 1.82) is 0 Å². The first-order valence-electron chi connectivity index (χ1n) is 9.22. The summed E-state index contributed by atoms with van der Waals surface area (Å²) in [7, 11) is -2.35. The highest BCUT2D eigenvalue weighted by Gasteiger charge is 2.37. The summed E-state index contributed by atoms with van der Waals surface area (Å²) in [5.74, 6) is -1.86. The molecule has 1 saturated heterocycles. The van der Waals surface area contributed by atoms with Gasteiger partial charge in [-0.05, 0) is 37.1 Å². The molecule has 0 saturated carbocycles. The number of fused-ring (bicyclic) bond motifs is 1. The minimum absolute atomic E-state index is 0.0332. The zero-order valence-electron chi connectivity index (χ0n) is 15.9. The van der Waals surface area contributed by atoms with E-state index in [0.29, 0.717) is 23.7 Å². The maximum absolute atomic E-state index is 12.9. The molecule has 158 valence electrons. The molecule has 1 fully saturated rings. The molecule has 0 radical (unpaired) electrons. The van der Waals surface area contributed by atoms with E-state index in [1.165, 1.54) is 29.6 Å². The Hall–Kier alpha value is -2.27. The Morgan fingerprint density at radius 2 is 1.97 bits per heavy atom. The van der Waals surface area contributed by atoms with Gasteiger partial charge in [0.15, 0.2) is 0 Å². The highest BCUT2D eigenvalue weighted by Crippen LogP contribution is 2.32. The predicted octanol–water partition coefficient (Wildman–Crippen LogP) is 2.67. The van der Waals surface area contributed by atoms with Gasteiger partial charge in [0.25, 0.3) is 21.8 Å². The molecule has 1 unspecified atom stereocenters. The molecule has 1 atom stereocenters. The summed E-state index contributed by atoms with van der Waals surface area (Å²) in [6.45, 7) is 0.353. The molecule has 8 nitrogen and oxygen atoms in total. The lowest BCUT2D eigenvalue weighted by molar-refractivity contribution is -0.120. The van der Waals surface area contributed by atoms with Crippen LogP contribution in [0.2, 0.25) is 4.34 Å². The van der Waals surface area contributed by atoms with Crippen molar-refractivity contribution in [3.05, 3.63) is 45.8 Å². The summed E-state index contributed by atoms with van der Waals surface area (Å²) >= 11 is 6.85. The van der Waals surface area contributed by atoms with Crippen molar-refractivity contribution in [2.75, 3.05) is 25.5 Å². The van der Waals surface area contributed by atoms with Gasteiger partial charge in [-0.2, -0.15) is 4.31 Å². The number of thiophene rings is 1. The van der Waals surface area contributed by atoms with Crippen molar-refractivity contribution in [1.82, 2.24) is 9.21 Å². The van der Waals surface area contributed by atoms with Crippen molar-refractivity contribution >= 4 is 56.4 Å². The number of carbonyl (C=O) groups excluding carboxylic acids is 3. The molecule has 1 aromatic carbocycles. The highest BCUT2D eigenvalue weighted by molar-refractivity contribution is 7.91. The van der Waals surface area contributed by atoms with Crippen LogP contribution in [0.3, 0.4) is 0 Å². The standard InChI is InChI=1S/C19H18ClN3O5S2/c1-22-18(25)12-5-2-6-13(16(12)19(22)26)21-17(24)11-4-3-9-23(10-11)30(27,28)15-8-7-14(20)29-15/h2,5-8,11H,3-4,9-10H2,1H3,(H,21,24). The fraction of sp³-hybridized carbons (Fsp3) is 0.316. The van der Waals surface area contributed by atoms with Gasteiger partial charge in [0.05, 0.1) is 27.1 Å². The van der Waals surface area contributed by atoms with Gasteiger partial charge in [0, 0.05) is 20.1 Å². The third-order valence-electron chi connectivity index (χ3n) is 5.27. The van der Waals surface area contributed by atoms with Crippen LogP contribution in [0.4, 0.5) is 5.69 Å². The summed E-state index contributed by atoms with van der Waals surface area (Å²) in [5, 5.41) is 2.72. The van der Waals surface area contributed by atoms with Crippen LogP contribution in [0.5, 0.6) is 0 Å². The molecule has 11 heteroatoms. The molecule has 1 aromatic heterocycles. The number of nitrogens with one attached hydrogen (secondary N) is 1. The third kappa shape index (κ3) is 3.53. The Morgan fingerprint density at radius 3 is 2.67 bits per heavy atom. The molecule has 2 aliphatic heterocycles. The maximum atomic E-state index is 12.9. The predicted molar refractivity (Wildman–Crippen MR) is 112 cm³/mol. The highest BCUT2D eigenvalue weighted by atomic mass is 35.5. The van der Waals surface area contributed by atoms with Gasteiger partial charge in [-0.1, -0.05) is 17.7 Å². The topological polar surface area (TPSA) is 104 Å². The number of halogens is 1. The first-order valence-corrected chi connectivity index (χ1v) is 11.9. The second-order valence-corrected chi connectivity index (χ2v) is 11.0. The van der Waals surface area contributed by atoms with Gasteiger partial charge in [-0.15, -0.1) is 11.3 Å². The Balaban J connectivity index is 1.53. The molecule has 0 spiro atoms. The zero-order chi connectivity index (χ0) is 21.6. The van der Waals surface area contributed by atoms with Crippen molar-refractivity contribution in [3.63, 3.8) is 0 Å². The van der Waals surface area contributed by atoms with Gasteiger partial charge in [-0.3, -0.25) is 19.3 Å². The van der Waals surface area contributed by atoms with Crippen molar-refractivity contribution < 1.29 is 22.8 Å². The van der Waals surface area contributed by atoms with E-state index in [2.05, 4.69) is 5.32 Å². The number of amides is 3. The Bertz CT molecular complexity index is 1160. The van der Waals surface area contributed by atoms with E-state index in [9.17, 15) is 22.8 Å². The van der Waals surface area contributed by atoms with E-state index in [1.807, 2.05) is 0 Å². The van der Waals surface area contributed by atoms with E-state index in [1.54, 1.807) is 12.1 Å². The molecule has 0 aliphatic carbocycles. The molecule has 2 aromatic rings. The average molecular weight is 468 g/mol. The van der Waals surface area contributed by atoms with Crippen LogP contribution in [-0.4, -0.2) is 55.5 Å². The number of nitrogens with zero attached hydrogens (tertiary/aromatic N) is 2. The molecular formula is C19H18ClN3O5S2. The Morgan fingerprint density at radius 1 is 1.20 bits per heavy atom. The average Bonchev–Trinajstić information content (AvgIpc) is 3.27. The van der Waals surface area contributed by atoms with Crippen LogP contribution in [0.25, 0.3) is 0 Å². The van der Waals surface area contributed by atoms with Gasteiger partial charge in [-0.25, -0.2) is 8.42 Å². The molecule has 3 amide bonds. The second kappa shape index (κ2) is 7.77. The second-order valence-electron chi connectivity index (χ2n) is 7.15. The van der Waals surface area contributed by atoms with E-state index >= 15 is 0 Å². The normalized spacial score (nSPS) is 19.8. The van der Waals surface area contributed by atoms with E-state index in [4.69, 9.17) is 11.6 Å². The van der Waals surface area contributed by atoms with E-state index < -0.39 is 27.8 Å². The smallest absolute Gasteiger partial charge is 0.263 e. The maximum Gasteiger partial charge on any atom is 0.263 e. The van der Waals surface area contributed by atoms with E-state index in [-0.39, 0.29) is 33.5 Å². The van der Waals surface area contributed by atoms with Crippen LogP contribution in [0.15, 0.2) is 34.5 Å². The number of sulfonamides is 1. The number of imide groups is 1. The number of anilines is 1. The van der Waals surface area contributed by atoms with Crippen LogP contribution in [-0.2, 0) is 14.8 Å². The van der Waals surface area contributed by atoms with Gasteiger partial charge in [0.2, 0.25) is 5.91 Å². The first-order chi connectivity index (χ1) is 14.2. The van der Waals surface area contributed by atoms with Gasteiger partial charge >= 0.3 is 0 Å². The summed E-state index contributed by atoms with van der Waals surface area (Å²) in [5.41, 5.74) is 0.653.